The summed E-state index contributed by atoms with van der Waals surface area (Å²) in [4.78, 5) is 12.3. The van der Waals surface area contributed by atoms with Gasteiger partial charge in [-0.05, 0) is 50.4 Å². The van der Waals surface area contributed by atoms with Gasteiger partial charge in [0, 0.05) is 12.6 Å². The van der Waals surface area contributed by atoms with Gasteiger partial charge in [-0.15, -0.1) is 10.2 Å². The maximum Gasteiger partial charge on any atom is 0.282 e. The molecule has 5 nitrogen and oxygen atoms in total. The number of nitrogens with one attached hydrogen (secondary N) is 2. The molecule has 4 atom stereocenters. The Morgan fingerprint density at radius 1 is 1.38 bits per heavy atom. The van der Waals surface area contributed by atoms with Crippen LogP contribution in [0.3, 0.4) is 0 Å². The zero-order chi connectivity index (χ0) is 14.8. The fourth-order valence-electron chi connectivity index (χ4n) is 3.90. The average molecular weight is 308 g/mol. The Kier molecular flexibility index (Phi) is 4.42. The van der Waals surface area contributed by atoms with Gasteiger partial charge in [-0.1, -0.05) is 24.7 Å². The number of carbonyl (C=O) groups is 1. The van der Waals surface area contributed by atoms with E-state index in [0.717, 1.165) is 29.9 Å². The molecule has 3 rings (SSSR count). The Labute approximate surface area is 129 Å². The van der Waals surface area contributed by atoms with Crippen LogP contribution in [0.2, 0.25) is 0 Å². The monoisotopic (exact) mass is 308 g/mol. The molecule has 0 saturated heterocycles. The molecule has 6 heteroatoms. The minimum atomic E-state index is -0.0766. The SMILES string of the molecule is CCCNc1nnc(C(=O)NC(C)C2CC3CCC2C3)s1. The van der Waals surface area contributed by atoms with Crippen molar-refractivity contribution in [3.63, 3.8) is 0 Å². The number of carbonyl (C=O) groups excluding carboxylic acids is 1. The summed E-state index contributed by atoms with van der Waals surface area (Å²) in [6.45, 7) is 5.09. The first-order chi connectivity index (χ1) is 10.2. The molecule has 0 spiro atoms. The van der Waals surface area contributed by atoms with Gasteiger partial charge in [-0.3, -0.25) is 4.79 Å². The van der Waals surface area contributed by atoms with E-state index in [1.165, 1.54) is 37.0 Å². The highest BCUT2D eigenvalue weighted by Crippen LogP contribution is 2.49. The first-order valence-electron chi connectivity index (χ1n) is 8.05. The van der Waals surface area contributed by atoms with Crippen LogP contribution in [0.4, 0.5) is 5.13 Å². The lowest BCUT2D eigenvalue weighted by Gasteiger charge is -2.28. The van der Waals surface area contributed by atoms with Crippen molar-refractivity contribution in [2.45, 2.75) is 52.0 Å². The second-order valence-corrected chi connectivity index (χ2v) is 7.42. The van der Waals surface area contributed by atoms with Gasteiger partial charge in [0.15, 0.2) is 0 Å². The summed E-state index contributed by atoms with van der Waals surface area (Å²) in [7, 11) is 0. The van der Waals surface area contributed by atoms with Gasteiger partial charge in [0.1, 0.15) is 0 Å². The molecule has 2 N–H and O–H groups in total. The van der Waals surface area contributed by atoms with Gasteiger partial charge in [-0.25, -0.2) is 0 Å². The van der Waals surface area contributed by atoms with E-state index < -0.39 is 0 Å². The molecule has 21 heavy (non-hydrogen) atoms. The highest BCUT2D eigenvalue weighted by molar-refractivity contribution is 7.17. The number of amides is 1. The molecule has 116 valence electrons. The third kappa shape index (κ3) is 3.20. The molecule has 1 heterocycles. The Bertz CT molecular complexity index is 504. The van der Waals surface area contributed by atoms with Gasteiger partial charge >= 0.3 is 0 Å². The van der Waals surface area contributed by atoms with Crippen molar-refractivity contribution in [2.24, 2.45) is 17.8 Å². The van der Waals surface area contributed by atoms with E-state index in [9.17, 15) is 4.79 Å². The van der Waals surface area contributed by atoms with Gasteiger partial charge in [0.25, 0.3) is 5.91 Å². The number of fused-ring (bicyclic) bond motifs is 2. The van der Waals surface area contributed by atoms with Gasteiger partial charge < -0.3 is 10.6 Å². The Morgan fingerprint density at radius 3 is 2.90 bits per heavy atom. The Balaban J connectivity index is 1.54. The Hall–Kier alpha value is -1.17. The predicted octanol–water partition coefficient (Wildman–Crippen LogP) is 2.91. The molecule has 1 aromatic rings. The van der Waals surface area contributed by atoms with Crippen molar-refractivity contribution in [3.8, 4) is 0 Å². The van der Waals surface area contributed by atoms with Gasteiger partial charge in [0.2, 0.25) is 10.1 Å². The largest absolute Gasteiger partial charge is 0.360 e. The topological polar surface area (TPSA) is 66.9 Å². The van der Waals surface area contributed by atoms with Crippen LogP contribution in [0.5, 0.6) is 0 Å². The van der Waals surface area contributed by atoms with E-state index in [1.54, 1.807) is 0 Å². The number of anilines is 1. The third-order valence-electron chi connectivity index (χ3n) is 4.94. The summed E-state index contributed by atoms with van der Waals surface area (Å²) in [6.07, 6.45) is 6.42. The third-order valence-corrected chi connectivity index (χ3v) is 5.82. The molecule has 2 bridgehead atoms. The summed E-state index contributed by atoms with van der Waals surface area (Å²) < 4.78 is 0. The molecule has 0 radical (unpaired) electrons. The maximum atomic E-state index is 12.3. The van der Waals surface area contributed by atoms with Crippen LogP contribution < -0.4 is 10.6 Å². The van der Waals surface area contributed by atoms with Crippen LogP contribution in [-0.4, -0.2) is 28.7 Å². The second-order valence-electron chi connectivity index (χ2n) is 6.44. The van der Waals surface area contributed by atoms with Crippen LogP contribution in [0, 0.1) is 17.8 Å². The maximum absolute atomic E-state index is 12.3. The van der Waals surface area contributed by atoms with E-state index >= 15 is 0 Å². The standard InChI is InChI=1S/C15H24N4OS/c1-3-6-16-15-19-18-14(21-15)13(20)17-9(2)12-8-10-4-5-11(12)7-10/h9-12H,3-8H2,1-2H3,(H,16,19)(H,17,20). The number of nitrogens with zero attached hydrogens (tertiary/aromatic N) is 2. The molecule has 1 aromatic heterocycles. The molecule has 2 aliphatic rings. The first-order valence-corrected chi connectivity index (χ1v) is 8.87. The molecule has 4 unspecified atom stereocenters. The molecule has 2 saturated carbocycles. The quantitative estimate of drug-likeness (QED) is 0.848. The summed E-state index contributed by atoms with van der Waals surface area (Å²) in [5.74, 6) is 2.30. The average Bonchev–Trinajstić information content (AvgIpc) is 3.20. The number of rotatable bonds is 6. The molecule has 0 aromatic carbocycles. The highest BCUT2D eigenvalue weighted by Gasteiger charge is 2.42. The van der Waals surface area contributed by atoms with Gasteiger partial charge in [0.05, 0.1) is 0 Å². The zero-order valence-corrected chi connectivity index (χ0v) is 13.6. The van der Waals surface area contributed by atoms with E-state index in [-0.39, 0.29) is 11.9 Å². The van der Waals surface area contributed by atoms with Crippen LogP contribution in [0.1, 0.15) is 55.8 Å². The van der Waals surface area contributed by atoms with Crippen molar-refractivity contribution < 1.29 is 4.79 Å². The lowest BCUT2D eigenvalue weighted by Crippen LogP contribution is -2.40. The molecule has 0 aliphatic heterocycles. The summed E-state index contributed by atoms with van der Waals surface area (Å²) in [5.41, 5.74) is 0. The summed E-state index contributed by atoms with van der Waals surface area (Å²) in [5, 5.41) is 15.5. The Morgan fingerprint density at radius 2 is 2.24 bits per heavy atom. The van der Waals surface area contributed by atoms with Crippen LogP contribution in [0.25, 0.3) is 0 Å². The lowest BCUT2D eigenvalue weighted by molar-refractivity contribution is 0.0914. The zero-order valence-electron chi connectivity index (χ0n) is 12.8. The minimum absolute atomic E-state index is 0.0766. The van der Waals surface area contributed by atoms with E-state index in [4.69, 9.17) is 0 Å². The van der Waals surface area contributed by atoms with E-state index in [0.29, 0.717) is 10.9 Å². The van der Waals surface area contributed by atoms with Crippen molar-refractivity contribution in [2.75, 3.05) is 11.9 Å². The summed E-state index contributed by atoms with van der Waals surface area (Å²) in [6, 6.07) is 0.240. The highest BCUT2D eigenvalue weighted by atomic mass is 32.1. The van der Waals surface area contributed by atoms with Crippen molar-refractivity contribution in [3.05, 3.63) is 5.01 Å². The lowest BCUT2D eigenvalue weighted by atomic mass is 9.84. The summed E-state index contributed by atoms with van der Waals surface area (Å²) >= 11 is 1.34. The normalized spacial score (nSPS) is 28.6. The fourth-order valence-corrected chi connectivity index (χ4v) is 4.57. The van der Waals surface area contributed by atoms with Crippen LogP contribution >= 0.6 is 11.3 Å². The van der Waals surface area contributed by atoms with E-state index in [1.807, 2.05) is 0 Å². The molecule has 1 amide bonds. The smallest absolute Gasteiger partial charge is 0.282 e. The number of hydrogen-bond donors (Lipinski definition) is 2. The van der Waals surface area contributed by atoms with Gasteiger partial charge in [-0.2, -0.15) is 0 Å². The molecular weight excluding hydrogens is 284 g/mol. The van der Waals surface area contributed by atoms with E-state index in [2.05, 4.69) is 34.7 Å². The van der Waals surface area contributed by atoms with Crippen LogP contribution in [-0.2, 0) is 0 Å². The van der Waals surface area contributed by atoms with Crippen molar-refractivity contribution >= 4 is 22.4 Å². The molecule has 2 fully saturated rings. The second kappa shape index (κ2) is 6.30. The first kappa shape index (κ1) is 14.8. The van der Waals surface area contributed by atoms with Crippen LogP contribution in [0.15, 0.2) is 0 Å². The predicted molar refractivity (Wildman–Crippen MR) is 84.6 cm³/mol. The van der Waals surface area contributed by atoms with Crippen molar-refractivity contribution in [1.82, 2.24) is 15.5 Å². The fraction of sp³-hybridized carbons (Fsp3) is 0.800. The molecular formula is C15H24N4OS. The molecule has 2 aliphatic carbocycles. The number of aromatic nitrogens is 2. The minimum Gasteiger partial charge on any atom is -0.360 e. The number of hydrogen-bond acceptors (Lipinski definition) is 5. The van der Waals surface area contributed by atoms with Crippen molar-refractivity contribution in [1.29, 1.82) is 0 Å².